The molecule has 1 N–H and O–H groups in total. The van der Waals surface area contributed by atoms with E-state index in [0.717, 1.165) is 23.7 Å². The molecule has 0 spiro atoms. The summed E-state index contributed by atoms with van der Waals surface area (Å²) in [6.07, 6.45) is -3.76. The van der Waals surface area contributed by atoms with Crippen molar-refractivity contribution in [2.75, 3.05) is 0 Å². The number of halogens is 3. The fourth-order valence-corrected chi connectivity index (χ4v) is 2.35. The van der Waals surface area contributed by atoms with E-state index in [1.54, 1.807) is 0 Å². The SMILES string of the molecule is CCc1nnsc1C(=O)NCc1ccc(C(F)(F)F)cc1. The maximum atomic E-state index is 12.4. The van der Waals surface area contributed by atoms with Crippen molar-refractivity contribution >= 4 is 17.4 Å². The summed E-state index contributed by atoms with van der Waals surface area (Å²) in [5, 5.41) is 6.48. The van der Waals surface area contributed by atoms with E-state index in [1.807, 2.05) is 6.92 Å². The van der Waals surface area contributed by atoms with Crippen molar-refractivity contribution in [2.24, 2.45) is 0 Å². The van der Waals surface area contributed by atoms with Crippen molar-refractivity contribution in [1.29, 1.82) is 0 Å². The van der Waals surface area contributed by atoms with Gasteiger partial charge in [0, 0.05) is 6.54 Å². The summed E-state index contributed by atoms with van der Waals surface area (Å²) < 4.78 is 41.0. The summed E-state index contributed by atoms with van der Waals surface area (Å²) in [5.74, 6) is -0.318. The second kappa shape index (κ2) is 6.21. The molecule has 1 amide bonds. The van der Waals surface area contributed by atoms with Crippen molar-refractivity contribution in [2.45, 2.75) is 26.1 Å². The lowest BCUT2D eigenvalue weighted by Gasteiger charge is -2.08. The third-order valence-corrected chi connectivity index (χ3v) is 3.60. The molecule has 0 radical (unpaired) electrons. The summed E-state index contributed by atoms with van der Waals surface area (Å²) in [5.41, 5.74) is 0.495. The molecule has 1 aromatic carbocycles. The molecule has 1 aromatic heterocycles. The maximum absolute atomic E-state index is 12.4. The van der Waals surface area contributed by atoms with Crippen LogP contribution in [0.3, 0.4) is 0 Å². The summed E-state index contributed by atoms with van der Waals surface area (Å²) >= 11 is 1.00. The van der Waals surface area contributed by atoms with Gasteiger partial charge in [-0.3, -0.25) is 4.79 Å². The van der Waals surface area contributed by atoms with Crippen LogP contribution in [-0.4, -0.2) is 15.5 Å². The van der Waals surface area contributed by atoms with Gasteiger partial charge in [0.05, 0.1) is 11.3 Å². The Morgan fingerprint density at radius 3 is 2.52 bits per heavy atom. The van der Waals surface area contributed by atoms with Crippen LogP contribution in [0.4, 0.5) is 13.2 Å². The van der Waals surface area contributed by atoms with Crippen molar-refractivity contribution in [3.63, 3.8) is 0 Å². The van der Waals surface area contributed by atoms with E-state index in [9.17, 15) is 18.0 Å². The standard InChI is InChI=1S/C13H12F3N3OS/c1-2-10-11(21-19-18-10)12(20)17-7-8-3-5-9(6-4-8)13(14,15)16/h3-6H,2,7H2,1H3,(H,17,20). The number of benzene rings is 1. The molecule has 2 aromatic rings. The fourth-order valence-electron chi connectivity index (χ4n) is 1.69. The molecule has 0 aliphatic carbocycles. The van der Waals surface area contributed by atoms with Crippen molar-refractivity contribution in [3.8, 4) is 0 Å². The second-order valence-corrected chi connectivity index (χ2v) is 5.03. The zero-order valence-corrected chi connectivity index (χ0v) is 11.9. The van der Waals surface area contributed by atoms with Crippen molar-refractivity contribution in [3.05, 3.63) is 46.0 Å². The highest BCUT2D eigenvalue weighted by atomic mass is 32.1. The molecular formula is C13H12F3N3OS. The Labute approximate surface area is 123 Å². The van der Waals surface area contributed by atoms with E-state index >= 15 is 0 Å². The van der Waals surface area contributed by atoms with Crippen LogP contribution in [0.25, 0.3) is 0 Å². The third kappa shape index (κ3) is 3.78. The maximum Gasteiger partial charge on any atom is 0.416 e. The average Bonchev–Trinajstić information content (AvgIpc) is 2.92. The quantitative estimate of drug-likeness (QED) is 0.943. The van der Waals surface area contributed by atoms with Gasteiger partial charge in [-0.05, 0) is 35.6 Å². The molecule has 0 saturated heterocycles. The van der Waals surface area contributed by atoms with Gasteiger partial charge >= 0.3 is 6.18 Å². The van der Waals surface area contributed by atoms with Gasteiger partial charge in [0.25, 0.3) is 5.91 Å². The van der Waals surface area contributed by atoms with E-state index in [0.29, 0.717) is 22.6 Å². The Balaban J connectivity index is 1.99. The van der Waals surface area contributed by atoms with Gasteiger partial charge in [0.2, 0.25) is 0 Å². The molecule has 0 aliphatic rings. The molecule has 0 fully saturated rings. The topological polar surface area (TPSA) is 54.9 Å². The van der Waals surface area contributed by atoms with E-state index < -0.39 is 11.7 Å². The summed E-state index contributed by atoms with van der Waals surface area (Å²) in [4.78, 5) is 12.4. The second-order valence-electron chi connectivity index (χ2n) is 4.28. The number of nitrogens with one attached hydrogen (secondary N) is 1. The average molecular weight is 315 g/mol. The highest BCUT2D eigenvalue weighted by Crippen LogP contribution is 2.29. The summed E-state index contributed by atoms with van der Waals surface area (Å²) in [6, 6.07) is 4.67. The molecule has 0 saturated carbocycles. The van der Waals surface area contributed by atoms with Gasteiger partial charge in [0.1, 0.15) is 4.88 Å². The van der Waals surface area contributed by atoms with Crippen LogP contribution >= 0.6 is 11.5 Å². The Morgan fingerprint density at radius 2 is 1.95 bits per heavy atom. The van der Waals surface area contributed by atoms with Crippen molar-refractivity contribution in [1.82, 2.24) is 14.9 Å². The van der Waals surface area contributed by atoms with Crippen LogP contribution in [-0.2, 0) is 19.1 Å². The Morgan fingerprint density at radius 1 is 1.29 bits per heavy atom. The van der Waals surface area contributed by atoms with E-state index in [2.05, 4.69) is 14.9 Å². The van der Waals surface area contributed by atoms with Gasteiger partial charge in [0.15, 0.2) is 0 Å². The van der Waals surface area contributed by atoms with Crippen molar-refractivity contribution < 1.29 is 18.0 Å². The van der Waals surface area contributed by atoms with E-state index in [4.69, 9.17) is 0 Å². The number of hydrogen-bond acceptors (Lipinski definition) is 4. The fraction of sp³-hybridized carbons (Fsp3) is 0.308. The number of carbonyl (C=O) groups is 1. The lowest BCUT2D eigenvalue weighted by atomic mass is 10.1. The first-order valence-electron chi connectivity index (χ1n) is 6.17. The smallest absolute Gasteiger partial charge is 0.347 e. The van der Waals surface area contributed by atoms with E-state index in [1.165, 1.54) is 12.1 Å². The molecule has 0 bridgehead atoms. The largest absolute Gasteiger partial charge is 0.416 e. The van der Waals surface area contributed by atoms with Crippen LogP contribution < -0.4 is 5.32 Å². The predicted molar refractivity (Wildman–Crippen MR) is 71.9 cm³/mol. The molecule has 1 heterocycles. The normalized spacial score (nSPS) is 11.4. The molecule has 0 aliphatic heterocycles. The Bertz CT molecular complexity index is 622. The number of hydrogen-bond donors (Lipinski definition) is 1. The number of amides is 1. The van der Waals surface area contributed by atoms with Gasteiger partial charge in [-0.1, -0.05) is 23.5 Å². The minimum atomic E-state index is -4.36. The third-order valence-electron chi connectivity index (χ3n) is 2.83. The van der Waals surface area contributed by atoms with E-state index in [-0.39, 0.29) is 12.5 Å². The van der Waals surface area contributed by atoms with Gasteiger partial charge in [-0.25, -0.2) is 0 Å². The first kappa shape index (κ1) is 15.4. The number of carbonyl (C=O) groups excluding carboxylic acids is 1. The zero-order valence-electron chi connectivity index (χ0n) is 11.1. The van der Waals surface area contributed by atoms with Crippen LogP contribution in [0.5, 0.6) is 0 Å². The number of aromatic nitrogens is 2. The monoisotopic (exact) mass is 315 g/mol. The lowest BCUT2D eigenvalue weighted by Crippen LogP contribution is -2.23. The molecule has 0 unspecified atom stereocenters. The molecule has 21 heavy (non-hydrogen) atoms. The van der Waals surface area contributed by atoms with Gasteiger partial charge in [-0.15, -0.1) is 5.10 Å². The summed E-state index contributed by atoms with van der Waals surface area (Å²) in [7, 11) is 0. The molecule has 4 nitrogen and oxygen atoms in total. The zero-order chi connectivity index (χ0) is 15.5. The van der Waals surface area contributed by atoms with Gasteiger partial charge in [-0.2, -0.15) is 13.2 Å². The molecular weight excluding hydrogens is 303 g/mol. The lowest BCUT2D eigenvalue weighted by molar-refractivity contribution is -0.137. The summed E-state index contributed by atoms with van der Waals surface area (Å²) in [6.45, 7) is 2.02. The van der Waals surface area contributed by atoms with Crippen LogP contribution in [0.1, 0.15) is 33.4 Å². The number of nitrogens with zero attached hydrogens (tertiary/aromatic N) is 2. The Hall–Kier alpha value is -1.96. The highest BCUT2D eigenvalue weighted by molar-refractivity contribution is 7.08. The molecule has 112 valence electrons. The Kier molecular flexibility index (Phi) is 4.56. The molecule has 0 atom stereocenters. The van der Waals surface area contributed by atoms with Crippen LogP contribution in [0.15, 0.2) is 24.3 Å². The minimum Gasteiger partial charge on any atom is -0.347 e. The van der Waals surface area contributed by atoms with Crippen LogP contribution in [0, 0.1) is 0 Å². The molecule has 2 rings (SSSR count). The number of alkyl halides is 3. The minimum absolute atomic E-state index is 0.151. The van der Waals surface area contributed by atoms with Crippen LogP contribution in [0.2, 0.25) is 0 Å². The number of aryl methyl sites for hydroxylation is 1. The predicted octanol–water partition coefficient (Wildman–Crippen LogP) is 3.05. The highest BCUT2D eigenvalue weighted by Gasteiger charge is 2.29. The molecule has 8 heteroatoms. The first-order valence-corrected chi connectivity index (χ1v) is 6.94. The van der Waals surface area contributed by atoms with Gasteiger partial charge < -0.3 is 5.32 Å². The number of rotatable bonds is 4. The first-order chi connectivity index (χ1) is 9.91.